The summed E-state index contributed by atoms with van der Waals surface area (Å²) in [5, 5.41) is 0.420. The van der Waals surface area contributed by atoms with Crippen LogP contribution in [0.3, 0.4) is 0 Å². The second-order valence-corrected chi connectivity index (χ2v) is 3.44. The van der Waals surface area contributed by atoms with Gasteiger partial charge in [0, 0.05) is 6.20 Å². The molecule has 1 rings (SSSR count). The van der Waals surface area contributed by atoms with E-state index in [1.165, 1.54) is 0 Å². The quantitative estimate of drug-likeness (QED) is 0.621. The third-order valence-electron chi connectivity index (χ3n) is 1.83. The number of hydrogen-bond acceptors (Lipinski definition) is 4. The molecule has 1 aromatic heterocycles. The van der Waals surface area contributed by atoms with Crippen molar-refractivity contribution < 1.29 is 9.53 Å². The lowest BCUT2D eigenvalue weighted by molar-refractivity contribution is -0.144. The number of pyridine rings is 1. The highest BCUT2D eigenvalue weighted by molar-refractivity contribution is 6.29. The Bertz CT molecular complexity index is 327. The molecule has 82 valence electrons. The van der Waals surface area contributed by atoms with Crippen molar-refractivity contribution in [1.29, 1.82) is 0 Å². The molecule has 0 saturated heterocycles. The molecule has 0 saturated carbocycles. The van der Waals surface area contributed by atoms with E-state index in [2.05, 4.69) is 4.98 Å². The molecule has 1 heterocycles. The monoisotopic (exact) mass is 228 g/mol. The van der Waals surface area contributed by atoms with Crippen molar-refractivity contribution in [3.05, 3.63) is 29.0 Å². The number of nitrogens with two attached hydrogens (primary N) is 1. The smallest absolute Gasteiger partial charge is 0.323 e. The number of hydrogen-bond donors (Lipinski definition) is 1. The average molecular weight is 229 g/mol. The van der Waals surface area contributed by atoms with Crippen LogP contribution in [0.2, 0.25) is 5.15 Å². The Kier molecular flexibility index (Phi) is 4.52. The maximum absolute atomic E-state index is 11.2. The van der Waals surface area contributed by atoms with E-state index >= 15 is 0 Å². The average Bonchev–Trinajstić information content (AvgIpc) is 2.22. The van der Waals surface area contributed by atoms with Crippen molar-refractivity contribution >= 4 is 17.6 Å². The number of aromatic nitrogens is 1. The van der Waals surface area contributed by atoms with Gasteiger partial charge in [-0.2, -0.15) is 0 Å². The lowest BCUT2D eigenvalue weighted by Gasteiger charge is -2.09. The Balaban J connectivity index is 2.54. The van der Waals surface area contributed by atoms with E-state index in [-0.39, 0.29) is 0 Å². The minimum Gasteiger partial charge on any atom is -0.465 e. The fourth-order valence-corrected chi connectivity index (χ4v) is 1.23. The van der Waals surface area contributed by atoms with Gasteiger partial charge in [0.1, 0.15) is 11.2 Å². The summed E-state index contributed by atoms with van der Waals surface area (Å²) in [7, 11) is 0. The van der Waals surface area contributed by atoms with Gasteiger partial charge in [0.25, 0.3) is 0 Å². The fraction of sp³-hybridized carbons (Fsp3) is 0.400. The second-order valence-electron chi connectivity index (χ2n) is 3.05. The molecule has 0 aromatic carbocycles. The highest BCUT2D eigenvalue weighted by Crippen LogP contribution is 2.07. The molecule has 0 fully saturated rings. The summed E-state index contributed by atoms with van der Waals surface area (Å²) >= 11 is 5.63. The maximum Gasteiger partial charge on any atom is 0.323 e. The highest BCUT2D eigenvalue weighted by atomic mass is 35.5. The highest BCUT2D eigenvalue weighted by Gasteiger charge is 2.14. The van der Waals surface area contributed by atoms with Crippen LogP contribution in [0, 0.1) is 0 Å². The van der Waals surface area contributed by atoms with Gasteiger partial charge < -0.3 is 10.5 Å². The molecule has 2 N–H and O–H groups in total. The van der Waals surface area contributed by atoms with Crippen molar-refractivity contribution in [3.63, 3.8) is 0 Å². The summed E-state index contributed by atoms with van der Waals surface area (Å²) in [4.78, 5) is 15.1. The first-order chi connectivity index (χ1) is 7.13. The third-order valence-corrected chi connectivity index (χ3v) is 2.06. The first kappa shape index (κ1) is 11.9. The van der Waals surface area contributed by atoms with E-state index in [4.69, 9.17) is 22.1 Å². The number of nitrogens with zero attached hydrogens (tertiary/aromatic N) is 1. The Morgan fingerprint density at radius 1 is 1.67 bits per heavy atom. The standard InChI is InChI=1S/C10H13ClN2O2/c1-2-15-10(14)8(12)5-7-3-4-9(11)13-6-7/h3-4,6,8H,2,5,12H2,1H3/t8-/m1/s1. The summed E-state index contributed by atoms with van der Waals surface area (Å²) in [6.45, 7) is 2.08. The van der Waals surface area contributed by atoms with Crippen molar-refractivity contribution in [3.8, 4) is 0 Å². The van der Waals surface area contributed by atoms with E-state index < -0.39 is 12.0 Å². The molecule has 0 radical (unpaired) electrons. The zero-order chi connectivity index (χ0) is 11.3. The zero-order valence-electron chi connectivity index (χ0n) is 8.44. The van der Waals surface area contributed by atoms with Crippen molar-refractivity contribution in [2.24, 2.45) is 5.73 Å². The van der Waals surface area contributed by atoms with Gasteiger partial charge in [-0.15, -0.1) is 0 Å². The molecule has 1 atom stereocenters. The minimum atomic E-state index is -0.645. The van der Waals surface area contributed by atoms with Crippen LogP contribution in [0.5, 0.6) is 0 Å². The lowest BCUT2D eigenvalue weighted by Crippen LogP contribution is -2.34. The van der Waals surface area contributed by atoms with E-state index in [0.29, 0.717) is 18.2 Å². The van der Waals surface area contributed by atoms with E-state index in [1.807, 2.05) is 0 Å². The summed E-state index contributed by atoms with van der Waals surface area (Å²) in [5.74, 6) is -0.396. The summed E-state index contributed by atoms with van der Waals surface area (Å²) in [6.07, 6.45) is 2.00. The van der Waals surface area contributed by atoms with Crippen LogP contribution in [0.15, 0.2) is 18.3 Å². The lowest BCUT2D eigenvalue weighted by atomic mass is 10.1. The number of rotatable bonds is 4. The van der Waals surface area contributed by atoms with Gasteiger partial charge in [0.2, 0.25) is 0 Å². The maximum atomic E-state index is 11.2. The Morgan fingerprint density at radius 2 is 2.40 bits per heavy atom. The fourth-order valence-electron chi connectivity index (χ4n) is 1.11. The summed E-state index contributed by atoms with van der Waals surface area (Å²) < 4.78 is 4.79. The molecule has 0 amide bonds. The SMILES string of the molecule is CCOC(=O)[C@H](N)Cc1ccc(Cl)nc1. The van der Waals surface area contributed by atoms with E-state index in [1.54, 1.807) is 25.3 Å². The number of ether oxygens (including phenoxy) is 1. The Labute approximate surface area is 93.4 Å². The van der Waals surface area contributed by atoms with Crippen LogP contribution in [0.4, 0.5) is 0 Å². The van der Waals surface area contributed by atoms with Gasteiger partial charge in [-0.1, -0.05) is 17.7 Å². The van der Waals surface area contributed by atoms with Gasteiger partial charge in [0.15, 0.2) is 0 Å². The topological polar surface area (TPSA) is 65.2 Å². The zero-order valence-corrected chi connectivity index (χ0v) is 9.20. The summed E-state index contributed by atoms with van der Waals surface area (Å²) in [6, 6.07) is 2.80. The molecule has 0 aliphatic carbocycles. The molecule has 5 heteroatoms. The number of carbonyl (C=O) groups is 1. The van der Waals surface area contributed by atoms with Crippen LogP contribution in [0.1, 0.15) is 12.5 Å². The van der Waals surface area contributed by atoms with Crippen LogP contribution in [-0.4, -0.2) is 23.6 Å². The van der Waals surface area contributed by atoms with Crippen molar-refractivity contribution in [1.82, 2.24) is 4.98 Å². The molecule has 15 heavy (non-hydrogen) atoms. The molecule has 0 spiro atoms. The molecule has 1 aromatic rings. The largest absolute Gasteiger partial charge is 0.465 e. The van der Waals surface area contributed by atoms with Gasteiger partial charge >= 0.3 is 5.97 Å². The number of esters is 1. The number of carbonyl (C=O) groups excluding carboxylic acids is 1. The third kappa shape index (κ3) is 3.85. The molecule has 0 aliphatic rings. The predicted molar refractivity (Wildman–Crippen MR) is 57.6 cm³/mol. The second kappa shape index (κ2) is 5.68. The van der Waals surface area contributed by atoms with Gasteiger partial charge in [-0.25, -0.2) is 4.98 Å². The van der Waals surface area contributed by atoms with E-state index in [9.17, 15) is 4.79 Å². The summed E-state index contributed by atoms with van der Waals surface area (Å²) in [5.41, 5.74) is 6.50. The molecule has 0 bridgehead atoms. The molecule has 0 unspecified atom stereocenters. The number of halogens is 1. The first-order valence-corrected chi connectivity index (χ1v) is 5.04. The molecular weight excluding hydrogens is 216 g/mol. The minimum absolute atomic E-state index is 0.339. The predicted octanol–water partition coefficient (Wildman–Crippen LogP) is 1.17. The van der Waals surface area contributed by atoms with E-state index in [0.717, 1.165) is 5.56 Å². The molecular formula is C10H13ClN2O2. The normalized spacial score (nSPS) is 12.2. The van der Waals surface area contributed by atoms with Crippen LogP contribution in [-0.2, 0) is 16.0 Å². The van der Waals surface area contributed by atoms with Crippen LogP contribution in [0.25, 0.3) is 0 Å². The van der Waals surface area contributed by atoms with Crippen LogP contribution >= 0.6 is 11.6 Å². The van der Waals surface area contributed by atoms with Crippen LogP contribution < -0.4 is 5.73 Å². The van der Waals surface area contributed by atoms with Gasteiger partial charge in [-0.05, 0) is 25.0 Å². The molecule has 4 nitrogen and oxygen atoms in total. The van der Waals surface area contributed by atoms with Gasteiger partial charge in [0.05, 0.1) is 6.61 Å². The van der Waals surface area contributed by atoms with Crippen molar-refractivity contribution in [2.45, 2.75) is 19.4 Å². The first-order valence-electron chi connectivity index (χ1n) is 4.66. The Hall–Kier alpha value is -1.13. The Morgan fingerprint density at radius 3 is 2.93 bits per heavy atom. The molecule has 0 aliphatic heterocycles. The van der Waals surface area contributed by atoms with Crippen molar-refractivity contribution in [2.75, 3.05) is 6.61 Å². The van der Waals surface area contributed by atoms with Gasteiger partial charge in [-0.3, -0.25) is 4.79 Å².